The van der Waals surface area contributed by atoms with Gasteiger partial charge in [0.25, 0.3) is 0 Å². The van der Waals surface area contributed by atoms with Crippen LogP contribution >= 0.6 is 0 Å². The molecule has 33 heavy (non-hydrogen) atoms. The van der Waals surface area contributed by atoms with Crippen LogP contribution in [0.1, 0.15) is 5.56 Å². The Bertz CT molecular complexity index is 1450. The van der Waals surface area contributed by atoms with Crippen molar-refractivity contribution in [1.82, 2.24) is 25.3 Å². The number of aromatic amines is 1. The van der Waals surface area contributed by atoms with E-state index in [4.69, 9.17) is 0 Å². The Morgan fingerprint density at radius 1 is 1.03 bits per heavy atom. The summed E-state index contributed by atoms with van der Waals surface area (Å²) in [5, 5.41) is 18.3. The van der Waals surface area contributed by atoms with Crippen LogP contribution in [0.3, 0.4) is 0 Å². The number of fused-ring (bicyclic) bond motifs is 1. The molecule has 0 bridgehead atoms. The molecule has 2 aromatic heterocycles. The molecule has 0 atom stereocenters. The second-order valence-corrected chi connectivity index (χ2v) is 7.75. The van der Waals surface area contributed by atoms with E-state index in [1.165, 1.54) is 12.1 Å². The molecule has 0 aliphatic rings. The fourth-order valence-corrected chi connectivity index (χ4v) is 3.75. The van der Waals surface area contributed by atoms with Crippen LogP contribution in [0.2, 0.25) is 0 Å². The number of carbonyl (C=O) groups is 1. The van der Waals surface area contributed by atoms with Gasteiger partial charge in [-0.05, 0) is 53.1 Å². The molecular weight excluding hydrogens is 419 g/mol. The normalized spacial score (nSPS) is 11.0. The number of amides is 2. The molecule has 2 heterocycles. The molecule has 0 aliphatic carbocycles. The molecule has 5 rings (SSSR count). The molecule has 0 radical (unpaired) electrons. The van der Waals surface area contributed by atoms with Crippen LogP contribution in [0.15, 0.2) is 79.1 Å². The number of aromatic nitrogens is 4. The first-order valence-electron chi connectivity index (χ1n) is 10.4. The van der Waals surface area contributed by atoms with Crippen molar-refractivity contribution in [2.45, 2.75) is 6.54 Å². The number of rotatable bonds is 5. The van der Waals surface area contributed by atoms with Crippen molar-refractivity contribution in [3.05, 3.63) is 90.5 Å². The van der Waals surface area contributed by atoms with Gasteiger partial charge in [0.1, 0.15) is 11.5 Å². The molecule has 164 valence electrons. The van der Waals surface area contributed by atoms with Crippen LogP contribution in [0.4, 0.5) is 14.9 Å². The van der Waals surface area contributed by atoms with Crippen molar-refractivity contribution in [1.29, 1.82) is 0 Å². The first-order valence-corrected chi connectivity index (χ1v) is 10.4. The van der Waals surface area contributed by atoms with Crippen molar-refractivity contribution in [3.8, 4) is 22.4 Å². The molecule has 0 spiro atoms. The molecule has 8 heteroatoms. The van der Waals surface area contributed by atoms with E-state index < -0.39 is 11.8 Å². The Morgan fingerprint density at radius 3 is 2.70 bits per heavy atom. The van der Waals surface area contributed by atoms with E-state index in [1.807, 2.05) is 43.6 Å². The number of aryl methyl sites for hydroxylation is 1. The van der Waals surface area contributed by atoms with E-state index >= 15 is 0 Å². The van der Waals surface area contributed by atoms with E-state index in [2.05, 4.69) is 38.1 Å². The van der Waals surface area contributed by atoms with Gasteiger partial charge in [0.05, 0.1) is 11.7 Å². The molecule has 0 saturated carbocycles. The Labute approximate surface area is 189 Å². The Balaban J connectivity index is 1.31. The van der Waals surface area contributed by atoms with Crippen molar-refractivity contribution < 1.29 is 9.18 Å². The third-order valence-corrected chi connectivity index (χ3v) is 5.34. The van der Waals surface area contributed by atoms with Gasteiger partial charge in [-0.15, -0.1) is 0 Å². The summed E-state index contributed by atoms with van der Waals surface area (Å²) in [6.07, 6.45) is 3.73. The zero-order valence-electron chi connectivity index (χ0n) is 17.8. The smallest absolute Gasteiger partial charge is 0.319 e. The summed E-state index contributed by atoms with van der Waals surface area (Å²) < 4.78 is 15.0. The number of H-pyrrole nitrogens is 1. The van der Waals surface area contributed by atoms with Crippen LogP contribution in [0, 0.1) is 5.82 Å². The molecule has 0 saturated heterocycles. The van der Waals surface area contributed by atoms with Crippen LogP contribution < -0.4 is 10.6 Å². The summed E-state index contributed by atoms with van der Waals surface area (Å²) in [7, 11) is 1.88. The molecule has 0 aliphatic heterocycles. The molecule has 2 amide bonds. The summed E-state index contributed by atoms with van der Waals surface area (Å²) in [5.74, 6) is -0.401. The van der Waals surface area contributed by atoms with Gasteiger partial charge < -0.3 is 10.6 Å². The SMILES string of the molecule is Cn1cc(-c2n[nH]c3cc(-c4cccc(CNC(=O)Nc5cccc(F)c5)c4)ccc23)cn1. The third kappa shape index (κ3) is 4.45. The number of halogens is 1. The number of nitrogens with zero attached hydrogens (tertiary/aromatic N) is 3. The fraction of sp³-hybridized carbons (Fsp3) is 0.0800. The van der Waals surface area contributed by atoms with Crippen molar-refractivity contribution in [3.63, 3.8) is 0 Å². The number of nitrogens with one attached hydrogen (secondary N) is 3. The molecule has 0 fully saturated rings. The first-order chi connectivity index (χ1) is 16.0. The van der Waals surface area contributed by atoms with Gasteiger partial charge in [-0.3, -0.25) is 9.78 Å². The lowest BCUT2D eigenvalue weighted by molar-refractivity contribution is 0.251. The van der Waals surface area contributed by atoms with Gasteiger partial charge >= 0.3 is 6.03 Å². The fourth-order valence-electron chi connectivity index (χ4n) is 3.75. The van der Waals surface area contributed by atoms with E-state index in [1.54, 1.807) is 23.0 Å². The minimum absolute atomic E-state index is 0.340. The summed E-state index contributed by atoms with van der Waals surface area (Å²) in [6.45, 7) is 0.340. The minimum Gasteiger partial charge on any atom is -0.334 e. The second kappa shape index (κ2) is 8.58. The number of carbonyl (C=O) groups excluding carboxylic acids is 1. The van der Waals surface area contributed by atoms with E-state index in [0.29, 0.717) is 12.2 Å². The molecular formula is C25H21FN6O. The van der Waals surface area contributed by atoms with Gasteiger partial charge in [0, 0.05) is 36.4 Å². The van der Waals surface area contributed by atoms with E-state index in [-0.39, 0.29) is 0 Å². The first kappa shape index (κ1) is 20.4. The largest absolute Gasteiger partial charge is 0.334 e. The maximum absolute atomic E-state index is 13.3. The lowest BCUT2D eigenvalue weighted by atomic mass is 10.0. The zero-order chi connectivity index (χ0) is 22.8. The summed E-state index contributed by atoms with van der Waals surface area (Å²) in [5.41, 5.74) is 6.17. The Kier molecular flexibility index (Phi) is 5.32. The highest BCUT2D eigenvalue weighted by Gasteiger charge is 2.11. The Hall–Kier alpha value is -4.46. The maximum Gasteiger partial charge on any atom is 0.319 e. The molecule has 7 nitrogen and oxygen atoms in total. The molecule has 3 aromatic carbocycles. The minimum atomic E-state index is -0.401. The highest BCUT2D eigenvalue weighted by molar-refractivity contribution is 5.95. The average Bonchev–Trinajstić information content (AvgIpc) is 3.43. The quantitative estimate of drug-likeness (QED) is 0.356. The predicted molar refractivity (Wildman–Crippen MR) is 126 cm³/mol. The average molecular weight is 440 g/mol. The lowest BCUT2D eigenvalue weighted by Gasteiger charge is -2.09. The lowest BCUT2D eigenvalue weighted by Crippen LogP contribution is -2.28. The summed E-state index contributed by atoms with van der Waals surface area (Å²) >= 11 is 0. The van der Waals surface area contributed by atoms with Gasteiger partial charge in [-0.1, -0.05) is 30.3 Å². The number of urea groups is 1. The molecule has 5 aromatic rings. The standard InChI is InChI=1S/C25H21FN6O/c1-32-15-19(14-28-32)24-22-9-8-18(11-23(22)30-31-24)17-5-2-4-16(10-17)13-27-25(33)29-21-7-3-6-20(26)12-21/h2-12,14-15H,13H2,1H3,(H,30,31)(H2,27,29,33). The monoisotopic (exact) mass is 440 g/mol. The summed E-state index contributed by atoms with van der Waals surface area (Å²) in [4.78, 5) is 12.2. The van der Waals surface area contributed by atoms with Crippen molar-refractivity contribution in [2.75, 3.05) is 5.32 Å². The molecule has 3 N–H and O–H groups in total. The zero-order valence-corrected chi connectivity index (χ0v) is 17.8. The number of benzene rings is 3. The van der Waals surface area contributed by atoms with Crippen molar-refractivity contribution in [2.24, 2.45) is 7.05 Å². The second-order valence-electron chi connectivity index (χ2n) is 7.75. The third-order valence-electron chi connectivity index (χ3n) is 5.34. The summed E-state index contributed by atoms with van der Waals surface area (Å²) in [6, 6.07) is 19.5. The molecule has 0 unspecified atom stereocenters. The van der Waals surface area contributed by atoms with E-state index in [9.17, 15) is 9.18 Å². The van der Waals surface area contributed by atoms with Gasteiger partial charge in [0.2, 0.25) is 0 Å². The maximum atomic E-state index is 13.3. The number of hydrogen-bond acceptors (Lipinski definition) is 3. The van der Waals surface area contributed by atoms with Crippen LogP contribution in [0.5, 0.6) is 0 Å². The van der Waals surface area contributed by atoms with Gasteiger partial charge in [-0.2, -0.15) is 10.2 Å². The predicted octanol–water partition coefficient (Wildman–Crippen LogP) is 5.09. The Morgan fingerprint density at radius 2 is 1.88 bits per heavy atom. The topological polar surface area (TPSA) is 87.6 Å². The van der Waals surface area contributed by atoms with Crippen LogP contribution in [-0.4, -0.2) is 26.0 Å². The number of anilines is 1. The van der Waals surface area contributed by atoms with Crippen molar-refractivity contribution >= 4 is 22.6 Å². The van der Waals surface area contributed by atoms with E-state index in [0.717, 1.165) is 38.9 Å². The van der Waals surface area contributed by atoms with Gasteiger partial charge in [-0.25, -0.2) is 9.18 Å². The van der Waals surface area contributed by atoms with Crippen LogP contribution in [-0.2, 0) is 13.6 Å². The number of hydrogen-bond donors (Lipinski definition) is 3. The highest BCUT2D eigenvalue weighted by atomic mass is 19.1. The van der Waals surface area contributed by atoms with Gasteiger partial charge in [0.15, 0.2) is 0 Å². The highest BCUT2D eigenvalue weighted by Crippen LogP contribution is 2.30. The van der Waals surface area contributed by atoms with Crippen LogP contribution in [0.25, 0.3) is 33.3 Å².